The lowest BCUT2D eigenvalue weighted by Gasteiger charge is -2.27. The molecule has 1 aliphatic rings. The third-order valence-electron chi connectivity index (χ3n) is 5.33. The highest BCUT2D eigenvalue weighted by molar-refractivity contribution is 7.12. The number of methoxy groups -OCH3 is 3. The molecule has 9 heteroatoms. The largest absolute Gasteiger partial charge is 0.503 e. The van der Waals surface area contributed by atoms with Gasteiger partial charge in [-0.2, -0.15) is 0 Å². The lowest BCUT2D eigenvalue weighted by Crippen LogP contribution is -2.31. The van der Waals surface area contributed by atoms with E-state index in [-0.39, 0.29) is 10.6 Å². The summed E-state index contributed by atoms with van der Waals surface area (Å²) in [6.07, 6.45) is 0. The van der Waals surface area contributed by atoms with Crippen molar-refractivity contribution in [1.29, 1.82) is 0 Å². The standard InChI is InChI=1S/C24H20ClNO6S/c1-30-16-9-7-14(12-15(16)25)26-21(13-6-8-17(31-2)18(11-13)32-3)20(23(28)24(26)29)22(27)19-5-4-10-33-19/h4-12,21,28H,1-3H3/t21-/m1/s1. The molecule has 0 fully saturated rings. The van der Waals surface area contributed by atoms with Crippen LogP contribution in [0.4, 0.5) is 5.69 Å². The lowest BCUT2D eigenvalue weighted by atomic mass is 9.94. The molecule has 2 heterocycles. The maximum Gasteiger partial charge on any atom is 0.294 e. The van der Waals surface area contributed by atoms with Crippen molar-refractivity contribution in [3.05, 3.63) is 80.7 Å². The van der Waals surface area contributed by atoms with Crippen LogP contribution in [0, 0.1) is 0 Å². The zero-order valence-corrected chi connectivity index (χ0v) is 19.6. The molecule has 0 spiro atoms. The highest BCUT2D eigenvalue weighted by atomic mass is 35.5. The summed E-state index contributed by atoms with van der Waals surface area (Å²) < 4.78 is 15.9. The van der Waals surface area contributed by atoms with Gasteiger partial charge in [0.2, 0.25) is 5.78 Å². The molecule has 1 N–H and O–H groups in total. The van der Waals surface area contributed by atoms with Crippen LogP contribution >= 0.6 is 22.9 Å². The summed E-state index contributed by atoms with van der Waals surface area (Å²) in [7, 11) is 4.49. The third-order valence-corrected chi connectivity index (χ3v) is 6.50. The van der Waals surface area contributed by atoms with Crippen LogP contribution in [0.3, 0.4) is 0 Å². The van der Waals surface area contributed by atoms with E-state index in [1.165, 1.54) is 37.6 Å². The van der Waals surface area contributed by atoms with E-state index in [9.17, 15) is 14.7 Å². The average molecular weight is 486 g/mol. The van der Waals surface area contributed by atoms with Crippen molar-refractivity contribution in [3.8, 4) is 17.2 Å². The van der Waals surface area contributed by atoms with E-state index in [0.717, 1.165) is 0 Å². The molecule has 0 bridgehead atoms. The van der Waals surface area contributed by atoms with E-state index in [1.54, 1.807) is 53.9 Å². The summed E-state index contributed by atoms with van der Waals surface area (Å²) in [5.74, 6) is -0.413. The van der Waals surface area contributed by atoms with Gasteiger partial charge in [-0.1, -0.05) is 23.7 Å². The number of halogens is 1. The van der Waals surface area contributed by atoms with Gasteiger partial charge in [-0.25, -0.2) is 0 Å². The summed E-state index contributed by atoms with van der Waals surface area (Å²) in [6.45, 7) is 0. The molecule has 3 aromatic rings. The summed E-state index contributed by atoms with van der Waals surface area (Å²) >= 11 is 7.54. The number of nitrogens with zero attached hydrogens (tertiary/aromatic N) is 1. The van der Waals surface area contributed by atoms with Crippen LogP contribution in [0.5, 0.6) is 17.2 Å². The van der Waals surface area contributed by atoms with Gasteiger partial charge in [0.15, 0.2) is 17.3 Å². The number of aliphatic hydroxyl groups is 1. The Labute approximate surface area is 199 Å². The summed E-state index contributed by atoms with van der Waals surface area (Å²) in [4.78, 5) is 28.4. The second kappa shape index (κ2) is 9.17. The fraction of sp³-hybridized carbons (Fsp3) is 0.167. The van der Waals surface area contributed by atoms with Crippen LogP contribution in [0.2, 0.25) is 5.02 Å². The van der Waals surface area contributed by atoms with E-state index < -0.39 is 23.5 Å². The first kappa shape index (κ1) is 22.7. The van der Waals surface area contributed by atoms with E-state index in [2.05, 4.69) is 0 Å². The number of amides is 1. The molecule has 33 heavy (non-hydrogen) atoms. The van der Waals surface area contributed by atoms with Crippen LogP contribution in [0.1, 0.15) is 21.3 Å². The van der Waals surface area contributed by atoms with Crippen LogP contribution in [-0.2, 0) is 4.79 Å². The second-order valence-electron chi connectivity index (χ2n) is 7.08. The molecule has 0 aliphatic carbocycles. The summed E-state index contributed by atoms with van der Waals surface area (Å²) in [6, 6.07) is 12.4. The number of rotatable bonds is 7. The quantitative estimate of drug-likeness (QED) is 0.462. The Kier molecular flexibility index (Phi) is 6.31. The van der Waals surface area contributed by atoms with E-state index in [1.807, 2.05) is 0 Å². The Hall–Kier alpha value is -3.49. The van der Waals surface area contributed by atoms with Gasteiger partial charge in [0.1, 0.15) is 5.75 Å². The van der Waals surface area contributed by atoms with Gasteiger partial charge in [-0.05, 0) is 47.3 Å². The molecule has 1 aliphatic heterocycles. The van der Waals surface area contributed by atoms with Crippen LogP contribution in [0.15, 0.2) is 65.2 Å². The molecule has 1 amide bonds. The van der Waals surface area contributed by atoms with E-state index in [0.29, 0.717) is 33.4 Å². The molecule has 170 valence electrons. The molecule has 2 aromatic carbocycles. The highest BCUT2D eigenvalue weighted by Crippen LogP contribution is 2.45. The Balaban J connectivity index is 1.91. The maximum absolute atomic E-state index is 13.4. The number of benzene rings is 2. The monoisotopic (exact) mass is 485 g/mol. The number of hydrogen-bond donors (Lipinski definition) is 1. The van der Waals surface area contributed by atoms with Gasteiger partial charge >= 0.3 is 0 Å². The number of carbonyl (C=O) groups is 2. The Morgan fingerprint density at radius 2 is 1.70 bits per heavy atom. The predicted molar refractivity (Wildman–Crippen MR) is 126 cm³/mol. The van der Waals surface area contributed by atoms with Crippen molar-refractivity contribution < 1.29 is 28.9 Å². The minimum absolute atomic E-state index is 0.0263. The van der Waals surface area contributed by atoms with Crippen molar-refractivity contribution in [2.24, 2.45) is 0 Å². The van der Waals surface area contributed by atoms with E-state index >= 15 is 0 Å². The van der Waals surface area contributed by atoms with Gasteiger partial charge in [-0.3, -0.25) is 14.5 Å². The normalized spacial score (nSPS) is 15.7. The smallest absolute Gasteiger partial charge is 0.294 e. The fourth-order valence-electron chi connectivity index (χ4n) is 3.79. The predicted octanol–water partition coefficient (Wildman–Crippen LogP) is 5.21. The molecular formula is C24H20ClNO6S. The molecule has 7 nitrogen and oxygen atoms in total. The molecule has 1 atom stereocenters. The number of thiophene rings is 1. The van der Waals surface area contributed by atoms with Gasteiger partial charge in [0.25, 0.3) is 5.91 Å². The molecule has 0 saturated heterocycles. The van der Waals surface area contributed by atoms with Crippen molar-refractivity contribution in [2.75, 3.05) is 26.2 Å². The first-order valence-electron chi connectivity index (χ1n) is 9.81. The Bertz CT molecular complexity index is 1250. The molecule has 0 saturated carbocycles. The highest BCUT2D eigenvalue weighted by Gasteiger charge is 2.45. The van der Waals surface area contributed by atoms with Gasteiger partial charge < -0.3 is 19.3 Å². The zero-order chi connectivity index (χ0) is 23.7. The van der Waals surface area contributed by atoms with Crippen molar-refractivity contribution in [3.63, 3.8) is 0 Å². The Morgan fingerprint density at radius 1 is 1.00 bits per heavy atom. The minimum Gasteiger partial charge on any atom is -0.503 e. The lowest BCUT2D eigenvalue weighted by molar-refractivity contribution is -0.117. The number of anilines is 1. The number of carbonyl (C=O) groups excluding carboxylic acids is 2. The molecular weight excluding hydrogens is 466 g/mol. The molecule has 4 rings (SSSR count). The number of ether oxygens (including phenoxy) is 3. The van der Waals surface area contributed by atoms with Crippen molar-refractivity contribution in [2.45, 2.75) is 6.04 Å². The second-order valence-corrected chi connectivity index (χ2v) is 8.43. The van der Waals surface area contributed by atoms with Crippen LogP contribution in [-0.4, -0.2) is 38.1 Å². The summed E-state index contributed by atoms with van der Waals surface area (Å²) in [5, 5.41) is 12.9. The van der Waals surface area contributed by atoms with Gasteiger partial charge in [0.05, 0.1) is 42.8 Å². The van der Waals surface area contributed by atoms with E-state index in [4.69, 9.17) is 25.8 Å². The maximum atomic E-state index is 13.4. The molecule has 0 unspecified atom stereocenters. The first-order chi connectivity index (χ1) is 15.9. The first-order valence-corrected chi connectivity index (χ1v) is 11.1. The van der Waals surface area contributed by atoms with Crippen molar-refractivity contribution >= 4 is 40.3 Å². The number of hydrogen-bond acceptors (Lipinski definition) is 7. The zero-order valence-electron chi connectivity index (χ0n) is 18.0. The van der Waals surface area contributed by atoms with Crippen LogP contribution < -0.4 is 19.1 Å². The Morgan fingerprint density at radius 3 is 2.30 bits per heavy atom. The van der Waals surface area contributed by atoms with Gasteiger partial charge in [-0.15, -0.1) is 11.3 Å². The van der Waals surface area contributed by atoms with Crippen molar-refractivity contribution in [1.82, 2.24) is 0 Å². The van der Waals surface area contributed by atoms with Gasteiger partial charge in [0, 0.05) is 5.69 Å². The number of aliphatic hydroxyl groups excluding tert-OH is 1. The SMILES string of the molecule is COc1ccc(N2C(=O)C(O)=C(C(=O)c3cccs3)[C@H]2c2ccc(OC)c(OC)c2)cc1Cl. The minimum atomic E-state index is -0.920. The molecule has 1 aromatic heterocycles. The fourth-order valence-corrected chi connectivity index (χ4v) is 4.72. The summed E-state index contributed by atoms with van der Waals surface area (Å²) in [5.41, 5.74) is 0.921. The average Bonchev–Trinajstić information content (AvgIpc) is 3.45. The third kappa shape index (κ3) is 3.92. The topological polar surface area (TPSA) is 85.3 Å². The van der Waals surface area contributed by atoms with Crippen LogP contribution in [0.25, 0.3) is 0 Å². The number of Topliss-reactive ketones (excluding diaryl/α,β-unsaturated/α-hetero) is 1. The number of ketones is 1. The molecule has 0 radical (unpaired) electrons.